The van der Waals surface area contributed by atoms with E-state index in [9.17, 15) is 0 Å². The van der Waals surface area contributed by atoms with Gasteiger partial charge in [-0.2, -0.15) is 0 Å². The van der Waals surface area contributed by atoms with E-state index >= 15 is 0 Å². The van der Waals surface area contributed by atoms with E-state index in [0.29, 0.717) is 24.7 Å². The van der Waals surface area contributed by atoms with Crippen LogP contribution < -0.4 is 11.1 Å². The number of thiocarbonyl (C=S) groups is 1. The van der Waals surface area contributed by atoms with Crippen molar-refractivity contribution in [2.45, 2.75) is 12.8 Å². The highest BCUT2D eigenvalue weighted by Gasteiger charge is 2.06. The normalized spacial score (nSPS) is 10.4. The fourth-order valence-electron chi connectivity index (χ4n) is 1.43. The Bertz CT molecular complexity index is 390. The maximum Gasteiger partial charge on any atom is 0.155 e. The standard InChI is InChI=1S/C12H20N4O2S/c1-17-8-9-18-7-3-2-4-15-12-10(11(13)19)14-5-6-16-12/h5-6H,2-4,7-9H2,1H3,(H2,13,19)(H,15,16). The smallest absolute Gasteiger partial charge is 0.155 e. The number of aromatic nitrogens is 2. The molecule has 0 fully saturated rings. The first-order chi connectivity index (χ1) is 9.25. The molecule has 3 N–H and O–H groups in total. The zero-order chi connectivity index (χ0) is 13.9. The van der Waals surface area contributed by atoms with E-state index in [1.54, 1.807) is 19.5 Å². The highest BCUT2D eigenvalue weighted by molar-refractivity contribution is 7.80. The van der Waals surface area contributed by atoms with Crippen molar-refractivity contribution in [3.63, 3.8) is 0 Å². The molecule has 0 aliphatic heterocycles. The molecule has 1 heterocycles. The molecule has 0 saturated heterocycles. The summed E-state index contributed by atoms with van der Waals surface area (Å²) in [5.41, 5.74) is 6.11. The van der Waals surface area contributed by atoms with Crippen LogP contribution in [0.5, 0.6) is 0 Å². The topological polar surface area (TPSA) is 82.3 Å². The second kappa shape index (κ2) is 9.60. The molecular weight excluding hydrogens is 264 g/mol. The lowest BCUT2D eigenvalue weighted by Gasteiger charge is -2.08. The summed E-state index contributed by atoms with van der Waals surface area (Å²) in [5.74, 6) is 0.635. The molecule has 1 aromatic rings. The predicted octanol–water partition coefficient (Wildman–Crippen LogP) is 0.966. The van der Waals surface area contributed by atoms with Crippen LogP contribution in [0.2, 0.25) is 0 Å². The lowest BCUT2D eigenvalue weighted by molar-refractivity contribution is 0.0691. The van der Waals surface area contributed by atoms with Crippen LogP contribution in [0.4, 0.5) is 5.82 Å². The second-order valence-electron chi connectivity index (χ2n) is 3.86. The molecule has 0 unspecified atom stereocenters. The van der Waals surface area contributed by atoms with Crippen molar-refractivity contribution in [3.8, 4) is 0 Å². The largest absolute Gasteiger partial charge is 0.388 e. The number of hydrogen-bond donors (Lipinski definition) is 2. The van der Waals surface area contributed by atoms with Crippen molar-refractivity contribution in [1.29, 1.82) is 0 Å². The summed E-state index contributed by atoms with van der Waals surface area (Å²) in [4.78, 5) is 8.52. The number of nitrogens with two attached hydrogens (primary N) is 1. The molecule has 106 valence electrons. The third-order valence-electron chi connectivity index (χ3n) is 2.37. The van der Waals surface area contributed by atoms with Gasteiger partial charge in [-0.1, -0.05) is 12.2 Å². The summed E-state index contributed by atoms with van der Waals surface area (Å²) in [6.07, 6.45) is 5.13. The van der Waals surface area contributed by atoms with Crippen molar-refractivity contribution in [2.75, 3.05) is 38.8 Å². The van der Waals surface area contributed by atoms with Gasteiger partial charge in [0.15, 0.2) is 5.82 Å². The summed E-state index contributed by atoms with van der Waals surface area (Å²) in [6.45, 7) is 2.78. The third-order valence-corrected chi connectivity index (χ3v) is 2.56. The van der Waals surface area contributed by atoms with Gasteiger partial charge in [0.2, 0.25) is 0 Å². The number of ether oxygens (including phenoxy) is 2. The van der Waals surface area contributed by atoms with Crippen LogP contribution in [0.3, 0.4) is 0 Å². The molecular formula is C12H20N4O2S. The molecule has 0 aliphatic carbocycles. The van der Waals surface area contributed by atoms with E-state index in [-0.39, 0.29) is 4.99 Å². The summed E-state index contributed by atoms with van der Waals surface area (Å²) in [5, 5.41) is 3.18. The van der Waals surface area contributed by atoms with Gasteiger partial charge >= 0.3 is 0 Å². The number of methoxy groups -OCH3 is 1. The van der Waals surface area contributed by atoms with Crippen molar-refractivity contribution < 1.29 is 9.47 Å². The quantitative estimate of drug-likeness (QED) is 0.489. The Morgan fingerprint density at radius 2 is 2.05 bits per heavy atom. The molecule has 0 saturated carbocycles. The summed E-state index contributed by atoms with van der Waals surface area (Å²) in [7, 11) is 1.66. The monoisotopic (exact) mass is 284 g/mol. The van der Waals surface area contributed by atoms with Crippen LogP contribution in [0.15, 0.2) is 12.4 Å². The third kappa shape index (κ3) is 6.42. The van der Waals surface area contributed by atoms with E-state index < -0.39 is 0 Å². The zero-order valence-corrected chi connectivity index (χ0v) is 11.9. The molecule has 1 aromatic heterocycles. The molecule has 0 amide bonds. The first kappa shape index (κ1) is 15.7. The van der Waals surface area contributed by atoms with E-state index in [4.69, 9.17) is 27.4 Å². The molecule has 6 nitrogen and oxygen atoms in total. The highest BCUT2D eigenvalue weighted by Crippen LogP contribution is 2.07. The summed E-state index contributed by atoms with van der Waals surface area (Å²) in [6, 6.07) is 0. The van der Waals surface area contributed by atoms with Crippen LogP contribution in [0.1, 0.15) is 18.5 Å². The van der Waals surface area contributed by atoms with Gasteiger partial charge in [0.25, 0.3) is 0 Å². The molecule has 19 heavy (non-hydrogen) atoms. The van der Waals surface area contributed by atoms with Gasteiger partial charge in [0.05, 0.1) is 13.2 Å². The number of anilines is 1. The highest BCUT2D eigenvalue weighted by atomic mass is 32.1. The van der Waals surface area contributed by atoms with Gasteiger partial charge in [-0.3, -0.25) is 0 Å². The molecule has 0 spiro atoms. The number of rotatable bonds is 10. The van der Waals surface area contributed by atoms with E-state index in [2.05, 4.69) is 15.3 Å². The van der Waals surface area contributed by atoms with Crippen LogP contribution in [0, 0.1) is 0 Å². The van der Waals surface area contributed by atoms with E-state index in [0.717, 1.165) is 26.0 Å². The molecule has 1 rings (SSSR count). The number of nitrogens with one attached hydrogen (secondary N) is 1. The Balaban J connectivity index is 2.17. The Hall–Kier alpha value is -1.31. The van der Waals surface area contributed by atoms with E-state index in [1.165, 1.54) is 0 Å². The Morgan fingerprint density at radius 1 is 1.26 bits per heavy atom. The van der Waals surface area contributed by atoms with Gasteiger partial charge < -0.3 is 20.5 Å². The van der Waals surface area contributed by atoms with Gasteiger partial charge in [0.1, 0.15) is 10.7 Å². The summed E-state index contributed by atoms with van der Waals surface area (Å²) < 4.78 is 10.3. The lowest BCUT2D eigenvalue weighted by atomic mass is 10.3. The maximum atomic E-state index is 5.57. The molecule has 0 radical (unpaired) electrons. The summed E-state index contributed by atoms with van der Waals surface area (Å²) >= 11 is 4.91. The Labute approximate surface area is 118 Å². The van der Waals surface area contributed by atoms with Crippen LogP contribution >= 0.6 is 12.2 Å². The average molecular weight is 284 g/mol. The molecule has 7 heteroatoms. The predicted molar refractivity (Wildman–Crippen MR) is 78.3 cm³/mol. The number of hydrogen-bond acceptors (Lipinski definition) is 6. The first-order valence-corrected chi connectivity index (χ1v) is 6.58. The minimum atomic E-state index is 0.249. The zero-order valence-electron chi connectivity index (χ0n) is 11.1. The molecule has 0 aromatic carbocycles. The van der Waals surface area contributed by atoms with Gasteiger partial charge in [-0.25, -0.2) is 9.97 Å². The number of nitrogens with zero attached hydrogens (tertiary/aromatic N) is 2. The maximum absolute atomic E-state index is 5.57. The Kier molecular flexibility index (Phi) is 7.95. The van der Waals surface area contributed by atoms with Gasteiger partial charge in [-0.05, 0) is 12.8 Å². The molecule has 0 bridgehead atoms. The van der Waals surface area contributed by atoms with Crippen LogP contribution in [-0.4, -0.2) is 48.4 Å². The van der Waals surface area contributed by atoms with Crippen LogP contribution in [-0.2, 0) is 9.47 Å². The van der Waals surface area contributed by atoms with Crippen LogP contribution in [0.25, 0.3) is 0 Å². The second-order valence-corrected chi connectivity index (χ2v) is 4.30. The van der Waals surface area contributed by atoms with Crippen molar-refractivity contribution in [3.05, 3.63) is 18.1 Å². The first-order valence-electron chi connectivity index (χ1n) is 6.17. The fourth-order valence-corrected chi connectivity index (χ4v) is 1.58. The minimum absolute atomic E-state index is 0.249. The SMILES string of the molecule is COCCOCCCCNc1nccnc1C(N)=S. The molecule has 0 aliphatic rings. The minimum Gasteiger partial charge on any atom is -0.388 e. The van der Waals surface area contributed by atoms with Gasteiger partial charge in [0, 0.05) is 32.7 Å². The van der Waals surface area contributed by atoms with E-state index in [1.807, 2.05) is 0 Å². The van der Waals surface area contributed by atoms with Crippen molar-refractivity contribution in [1.82, 2.24) is 9.97 Å². The van der Waals surface area contributed by atoms with Gasteiger partial charge in [-0.15, -0.1) is 0 Å². The average Bonchev–Trinajstić information content (AvgIpc) is 2.42. The Morgan fingerprint density at radius 3 is 2.79 bits per heavy atom. The fraction of sp³-hybridized carbons (Fsp3) is 0.583. The van der Waals surface area contributed by atoms with Crippen molar-refractivity contribution >= 4 is 23.0 Å². The molecule has 0 atom stereocenters. The van der Waals surface area contributed by atoms with Crippen molar-refractivity contribution in [2.24, 2.45) is 5.73 Å². The lowest BCUT2D eigenvalue weighted by Crippen LogP contribution is -2.17. The number of unbranched alkanes of at least 4 members (excludes halogenated alkanes) is 1.